The number of hydrogen-bond donors (Lipinski definition) is 3. The van der Waals surface area contributed by atoms with Gasteiger partial charge in [-0.2, -0.15) is 0 Å². The molecule has 2 aliphatic rings. The summed E-state index contributed by atoms with van der Waals surface area (Å²) in [7, 11) is 0. The first kappa shape index (κ1) is 16.7. The van der Waals surface area contributed by atoms with Gasteiger partial charge < -0.3 is 25.2 Å². The molecule has 0 unspecified atom stereocenters. The number of nitrogens with one attached hydrogen (secondary N) is 2. The second-order valence-electron chi connectivity index (χ2n) is 6.02. The molecule has 2 bridgehead atoms. The number of amides is 1. The van der Waals surface area contributed by atoms with Crippen LogP contribution in [0.1, 0.15) is 30.6 Å². The molecule has 0 saturated carbocycles. The number of ether oxygens (including phenoxy) is 2. The molecule has 2 aliphatic heterocycles. The van der Waals surface area contributed by atoms with Crippen molar-refractivity contribution < 1.29 is 24.2 Å². The van der Waals surface area contributed by atoms with Gasteiger partial charge >= 0.3 is 11.9 Å². The number of carbonyl (C=O) groups excluding carboxylic acids is 2. The van der Waals surface area contributed by atoms with Crippen LogP contribution in [0, 0.1) is 0 Å². The lowest BCUT2D eigenvalue weighted by Crippen LogP contribution is -2.46. The fourth-order valence-corrected chi connectivity index (χ4v) is 3.11. The molecule has 0 aromatic heterocycles. The van der Waals surface area contributed by atoms with Crippen LogP contribution in [0.2, 0.25) is 0 Å². The Morgan fingerprint density at radius 3 is 3.08 bits per heavy atom. The van der Waals surface area contributed by atoms with Crippen molar-refractivity contribution in [2.75, 3.05) is 25.1 Å². The van der Waals surface area contributed by atoms with Crippen molar-refractivity contribution in [1.82, 2.24) is 5.32 Å². The van der Waals surface area contributed by atoms with E-state index in [2.05, 4.69) is 21.4 Å². The van der Waals surface area contributed by atoms with Crippen molar-refractivity contribution >= 4 is 17.6 Å². The van der Waals surface area contributed by atoms with Crippen LogP contribution < -0.4 is 10.6 Å². The number of fused-ring (bicyclic) bond motifs is 4. The molecule has 1 fully saturated rings. The Kier molecular flexibility index (Phi) is 5.01. The van der Waals surface area contributed by atoms with Gasteiger partial charge in [-0.25, -0.2) is 4.79 Å². The molecule has 1 amide bonds. The zero-order valence-corrected chi connectivity index (χ0v) is 13.6. The molecule has 0 radical (unpaired) electrons. The minimum Gasteiger partial charge on any atom is -0.459 e. The highest BCUT2D eigenvalue weighted by molar-refractivity contribution is 6.32. The average molecular weight is 334 g/mol. The van der Waals surface area contributed by atoms with E-state index in [-0.39, 0.29) is 18.8 Å². The quantitative estimate of drug-likeness (QED) is 0.549. The highest BCUT2D eigenvalue weighted by atomic mass is 16.5. The molecule has 2 heterocycles. The van der Waals surface area contributed by atoms with Crippen LogP contribution in [0.25, 0.3) is 0 Å². The van der Waals surface area contributed by atoms with Gasteiger partial charge in [-0.05, 0) is 25.0 Å². The van der Waals surface area contributed by atoms with E-state index < -0.39 is 18.0 Å². The monoisotopic (exact) mass is 334 g/mol. The first-order valence-corrected chi connectivity index (χ1v) is 8.22. The summed E-state index contributed by atoms with van der Waals surface area (Å²) in [6.07, 6.45) is 0.866. The van der Waals surface area contributed by atoms with Gasteiger partial charge in [0.2, 0.25) is 0 Å². The summed E-state index contributed by atoms with van der Waals surface area (Å²) >= 11 is 0. The zero-order valence-electron chi connectivity index (χ0n) is 13.6. The Bertz CT molecular complexity index is 633. The molecule has 1 saturated heterocycles. The number of hydrogen-bond acceptors (Lipinski definition) is 6. The van der Waals surface area contributed by atoms with Crippen molar-refractivity contribution in [3.63, 3.8) is 0 Å². The third-order valence-electron chi connectivity index (χ3n) is 4.36. The molecule has 3 rings (SSSR count). The van der Waals surface area contributed by atoms with Crippen molar-refractivity contribution in [2.45, 2.75) is 38.0 Å². The fourth-order valence-electron chi connectivity index (χ4n) is 3.11. The van der Waals surface area contributed by atoms with Gasteiger partial charge in [0.1, 0.15) is 0 Å². The van der Waals surface area contributed by atoms with Crippen LogP contribution >= 0.6 is 0 Å². The maximum atomic E-state index is 11.5. The van der Waals surface area contributed by atoms with Crippen LogP contribution in [-0.4, -0.2) is 48.9 Å². The van der Waals surface area contributed by atoms with E-state index in [9.17, 15) is 14.7 Å². The molecule has 24 heavy (non-hydrogen) atoms. The van der Waals surface area contributed by atoms with E-state index in [1.165, 1.54) is 0 Å². The summed E-state index contributed by atoms with van der Waals surface area (Å²) in [5.74, 6) is -1.57. The summed E-state index contributed by atoms with van der Waals surface area (Å²) in [6, 6.07) is 6.02. The summed E-state index contributed by atoms with van der Waals surface area (Å²) in [5.41, 5.74) is 3.11. The van der Waals surface area contributed by atoms with Gasteiger partial charge in [-0.1, -0.05) is 12.1 Å². The third kappa shape index (κ3) is 3.52. The molecule has 3 atom stereocenters. The maximum absolute atomic E-state index is 11.5. The van der Waals surface area contributed by atoms with E-state index in [1.54, 1.807) is 6.92 Å². The van der Waals surface area contributed by atoms with Crippen molar-refractivity contribution in [3.05, 3.63) is 29.3 Å². The lowest BCUT2D eigenvalue weighted by molar-refractivity contribution is -0.154. The molecule has 3 N–H and O–H groups in total. The first-order chi connectivity index (χ1) is 11.6. The van der Waals surface area contributed by atoms with E-state index in [4.69, 9.17) is 4.74 Å². The molecule has 7 heteroatoms. The Balaban J connectivity index is 1.59. The minimum atomic E-state index is -0.854. The summed E-state index contributed by atoms with van der Waals surface area (Å²) < 4.78 is 10.4. The lowest BCUT2D eigenvalue weighted by atomic mass is 9.89. The van der Waals surface area contributed by atoms with E-state index in [0.29, 0.717) is 19.6 Å². The number of aliphatic hydroxyl groups is 1. The SMILES string of the molecule is CCOC(=O)C(=O)NCCc1ccc2c(c1)[C@H]1C[C@H](N2)[C@H](O)CO1. The molecular formula is C17H22N2O5. The standard InChI is InChI=1S/C17H22N2O5/c1-2-23-17(22)16(21)18-6-5-10-3-4-12-11(7-10)15-8-13(19-12)14(20)9-24-15/h3-4,7,13-15,19-20H,2,5-6,8-9H2,1H3,(H,18,21)/t13-,14+,15+/m0/s1. The summed E-state index contributed by atoms with van der Waals surface area (Å²) in [6.45, 7) is 2.53. The molecule has 1 aromatic carbocycles. The van der Waals surface area contributed by atoms with E-state index in [0.717, 1.165) is 23.2 Å². The number of benzene rings is 1. The van der Waals surface area contributed by atoms with Crippen LogP contribution in [-0.2, 0) is 25.5 Å². The van der Waals surface area contributed by atoms with Crippen LogP contribution in [0.15, 0.2) is 18.2 Å². The van der Waals surface area contributed by atoms with Crippen molar-refractivity contribution in [3.8, 4) is 0 Å². The van der Waals surface area contributed by atoms with Gasteiger partial charge in [0, 0.05) is 24.2 Å². The highest BCUT2D eigenvalue weighted by Crippen LogP contribution is 2.39. The Morgan fingerprint density at radius 1 is 1.46 bits per heavy atom. The molecule has 130 valence electrons. The third-order valence-corrected chi connectivity index (χ3v) is 4.36. The number of rotatable bonds is 4. The largest absolute Gasteiger partial charge is 0.459 e. The second kappa shape index (κ2) is 7.19. The summed E-state index contributed by atoms with van der Waals surface area (Å²) in [4.78, 5) is 22.7. The molecule has 1 aromatic rings. The molecule has 0 spiro atoms. The van der Waals surface area contributed by atoms with E-state index in [1.807, 2.05) is 12.1 Å². The van der Waals surface area contributed by atoms with Gasteiger partial charge in [0.15, 0.2) is 0 Å². The average Bonchev–Trinajstić information content (AvgIpc) is 2.58. The number of esters is 1. The predicted octanol–water partition coefficient (Wildman–Crippen LogP) is 0.525. The van der Waals surface area contributed by atoms with Crippen LogP contribution in [0.3, 0.4) is 0 Å². The minimum absolute atomic E-state index is 0.0104. The fraction of sp³-hybridized carbons (Fsp3) is 0.529. The Morgan fingerprint density at radius 2 is 2.29 bits per heavy atom. The maximum Gasteiger partial charge on any atom is 0.396 e. The van der Waals surface area contributed by atoms with Gasteiger partial charge in [-0.15, -0.1) is 0 Å². The van der Waals surface area contributed by atoms with Crippen LogP contribution in [0.4, 0.5) is 5.69 Å². The van der Waals surface area contributed by atoms with Gasteiger partial charge in [-0.3, -0.25) is 4.79 Å². The predicted molar refractivity (Wildman–Crippen MR) is 86.5 cm³/mol. The van der Waals surface area contributed by atoms with Crippen molar-refractivity contribution in [2.24, 2.45) is 0 Å². The normalized spacial score (nSPS) is 24.5. The Labute approximate surface area is 140 Å². The second-order valence-corrected chi connectivity index (χ2v) is 6.02. The van der Waals surface area contributed by atoms with Gasteiger partial charge in [0.05, 0.1) is 31.5 Å². The number of anilines is 1. The smallest absolute Gasteiger partial charge is 0.396 e. The number of aliphatic hydroxyl groups excluding tert-OH is 1. The topological polar surface area (TPSA) is 96.9 Å². The lowest BCUT2D eigenvalue weighted by Gasteiger charge is -2.40. The first-order valence-electron chi connectivity index (χ1n) is 8.22. The van der Waals surface area contributed by atoms with Crippen LogP contribution in [0.5, 0.6) is 0 Å². The number of carbonyl (C=O) groups is 2. The summed E-state index contributed by atoms with van der Waals surface area (Å²) in [5, 5.41) is 15.8. The van der Waals surface area contributed by atoms with Crippen molar-refractivity contribution in [1.29, 1.82) is 0 Å². The Hall–Kier alpha value is -2.12. The van der Waals surface area contributed by atoms with E-state index >= 15 is 0 Å². The molecule has 7 nitrogen and oxygen atoms in total. The molecule has 0 aliphatic carbocycles. The zero-order chi connectivity index (χ0) is 17.1. The molecular weight excluding hydrogens is 312 g/mol. The van der Waals surface area contributed by atoms with Gasteiger partial charge in [0.25, 0.3) is 0 Å². The highest BCUT2D eigenvalue weighted by Gasteiger charge is 2.36.